The van der Waals surface area contributed by atoms with Crippen LogP contribution in [-0.4, -0.2) is 20.1 Å². The molecular formula is C13H15N3OS. The van der Waals surface area contributed by atoms with Gasteiger partial charge in [0.15, 0.2) is 0 Å². The quantitative estimate of drug-likeness (QED) is 0.916. The maximum Gasteiger partial charge on any atom is 0.135 e. The van der Waals surface area contributed by atoms with Crippen molar-refractivity contribution in [1.29, 1.82) is 0 Å². The van der Waals surface area contributed by atoms with E-state index in [1.807, 2.05) is 12.3 Å². The number of aliphatic hydroxyl groups excluding tert-OH is 1. The number of nitrogens with zero attached hydrogens (tertiary/aromatic N) is 3. The van der Waals surface area contributed by atoms with Gasteiger partial charge in [0.2, 0.25) is 0 Å². The van der Waals surface area contributed by atoms with E-state index >= 15 is 0 Å². The Morgan fingerprint density at radius 2 is 2.22 bits per heavy atom. The fourth-order valence-corrected chi connectivity index (χ4v) is 2.76. The summed E-state index contributed by atoms with van der Waals surface area (Å²) in [5, 5.41) is 12.4. The molecule has 2 aromatic heterocycles. The van der Waals surface area contributed by atoms with E-state index in [0.29, 0.717) is 12.3 Å². The number of aromatic nitrogens is 3. The minimum atomic E-state index is 0.0302. The molecule has 18 heavy (non-hydrogen) atoms. The van der Waals surface area contributed by atoms with Gasteiger partial charge in [-0.1, -0.05) is 0 Å². The molecule has 1 fully saturated rings. The van der Waals surface area contributed by atoms with Crippen LogP contribution in [0.15, 0.2) is 11.6 Å². The maximum absolute atomic E-state index is 9.29. The standard InChI is InChI=1S/C13H15N3OS/c1-8-7-18-12(15-8)4-11-14-5-10(6-17)13(16-11)9-2-3-9/h5,7,9,17H,2-4,6H2,1H3. The predicted molar refractivity (Wildman–Crippen MR) is 69.6 cm³/mol. The molecule has 1 aliphatic carbocycles. The Morgan fingerprint density at radius 1 is 1.39 bits per heavy atom. The molecule has 2 aromatic rings. The monoisotopic (exact) mass is 261 g/mol. The Labute approximate surface area is 110 Å². The lowest BCUT2D eigenvalue weighted by Gasteiger charge is -2.06. The van der Waals surface area contributed by atoms with Crippen molar-refractivity contribution in [3.05, 3.63) is 39.4 Å². The van der Waals surface area contributed by atoms with Crippen molar-refractivity contribution in [2.75, 3.05) is 0 Å². The highest BCUT2D eigenvalue weighted by molar-refractivity contribution is 7.09. The molecule has 0 radical (unpaired) electrons. The number of aliphatic hydroxyl groups is 1. The van der Waals surface area contributed by atoms with Gasteiger partial charge in [0.25, 0.3) is 0 Å². The average Bonchev–Trinajstić information content (AvgIpc) is 3.14. The minimum absolute atomic E-state index is 0.0302. The molecule has 0 bridgehead atoms. The predicted octanol–water partition coefficient (Wildman–Crippen LogP) is 2.20. The summed E-state index contributed by atoms with van der Waals surface area (Å²) in [6.07, 6.45) is 4.81. The Morgan fingerprint density at radius 3 is 2.83 bits per heavy atom. The Bertz CT molecular complexity index is 563. The Balaban J connectivity index is 1.86. The summed E-state index contributed by atoms with van der Waals surface area (Å²) >= 11 is 1.64. The molecule has 2 heterocycles. The van der Waals surface area contributed by atoms with Crippen LogP contribution in [0.4, 0.5) is 0 Å². The van der Waals surface area contributed by atoms with Gasteiger partial charge in [0.1, 0.15) is 10.8 Å². The third-order valence-electron chi connectivity index (χ3n) is 3.06. The van der Waals surface area contributed by atoms with E-state index in [-0.39, 0.29) is 6.61 Å². The molecule has 0 aliphatic heterocycles. The molecule has 0 amide bonds. The van der Waals surface area contributed by atoms with Crippen LogP contribution < -0.4 is 0 Å². The van der Waals surface area contributed by atoms with Gasteiger partial charge in [-0.2, -0.15) is 0 Å². The van der Waals surface area contributed by atoms with Crippen molar-refractivity contribution >= 4 is 11.3 Å². The molecule has 0 aromatic carbocycles. The summed E-state index contributed by atoms with van der Waals surface area (Å²) in [5.41, 5.74) is 2.96. The third kappa shape index (κ3) is 2.42. The van der Waals surface area contributed by atoms with Crippen molar-refractivity contribution < 1.29 is 5.11 Å². The van der Waals surface area contributed by atoms with Crippen LogP contribution >= 0.6 is 11.3 Å². The summed E-state index contributed by atoms with van der Waals surface area (Å²) in [6.45, 7) is 2.02. The first-order chi connectivity index (χ1) is 8.76. The SMILES string of the molecule is Cc1csc(Cc2ncc(CO)c(C3CC3)n2)n1. The minimum Gasteiger partial charge on any atom is -0.392 e. The lowest BCUT2D eigenvalue weighted by molar-refractivity contribution is 0.279. The largest absolute Gasteiger partial charge is 0.392 e. The average molecular weight is 261 g/mol. The zero-order chi connectivity index (χ0) is 12.5. The fourth-order valence-electron chi connectivity index (χ4n) is 1.99. The van der Waals surface area contributed by atoms with Gasteiger partial charge in [-0.05, 0) is 19.8 Å². The van der Waals surface area contributed by atoms with E-state index in [1.54, 1.807) is 17.5 Å². The lowest BCUT2D eigenvalue weighted by Crippen LogP contribution is -2.04. The summed E-state index contributed by atoms with van der Waals surface area (Å²) in [5.74, 6) is 1.34. The van der Waals surface area contributed by atoms with Gasteiger partial charge in [-0.3, -0.25) is 0 Å². The molecule has 4 nitrogen and oxygen atoms in total. The summed E-state index contributed by atoms with van der Waals surface area (Å²) in [4.78, 5) is 13.4. The van der Waals surface area contributed by atoms with E-state index in [0.717, 1.165) is 27.8 Å². The normalized spacial score (nSPS) is 15.0. The molecule has 94 valence electrons. The van der Waals surface area contributed by atoms with Crippen molar-refractivity contribution in [2.45, 2.75) is 38.7 Å². The molecule has 1 aliphatic rings. The fraction of sp³-hybridized carbons (Fsp3) is 0.462. The van der Waals surface area contributed by atoms with Crippen molar-refractivity contribution in [1.82, 2.24) is 15.0 Å². The lowest BCUT2D eigenvalue weighted by atomic mass is 10.1. The van der Waals surface area contributed by atoms with E-state index in [4.69, 9.17) is 0 Å². The topological polar surface area (TPSA) is 58.9 Å². The molecule has 5 heteroatoms. The van der Waals surface area contributed by atoms with Crippen LogP contribution in [0.2, 0.25) is 0 Å². The van der Waals surface area contributed by atoms with Crippen LogP contribution in [-0.2, 0) is 13.0 Å². The molecule has 1 saturated carbocycles. The van der Waals surface area contributed by atoms with Gasteiger partial charge in [-0.15, -0.1) is 11.3 Å². The van der Waals surface area contributed by atoms with E-state index < -0.39 is 0 Å². The van der Waals surface area contributed by atoms with Crippen LogP contribution in [0.25, 0.3) is 0 Å². The zero-order valence-electron chi connectivity index (χ0n) is 10.3. The van der Waals surface area contributed by atoms with Gasteiger partial charge < -0.3 is 5.11 Å². The number of hydrogen-bond donors (Lipinski definition) is 1. The molecule has 0 saturated heterocycles. The van der Waals surface area contributed by atoms with E-state index in [9.17, 15) is 5.11 Å². The van der Waals surface area contributed by atoms with Gasteiger partial charge in [0.05, 0.1) is 18.7 Å². The van der Waals surface area contributed by atoms with Gasteiger partial charge >= 0.3 is 0 Å². The number of thiazole rings is 1. The zero-order valence-corrected chi connectivity index (χ0v) is 11.1. The Hall–Kier alpha value is -1.33. The highest BCUT2D eigenvalue weighted by atomic mass is 32.1. The number of rotatable bonds is 4. The second-order valence-electron chi connectivity index (χ2n) is 4.69. The highest BCUT2D eigenvalue weighted by Gasteiger charge is 2.28. The first-order valence-corrected chi connectivity index (χ1v) is 7.01. The molecule has 0 unspecified atom stereocenters. The molecule has 1 N–H and O–H groups in total. The maximum atomic E-state index is 9.29. The Kier molecular flexibility index (Phi) is 3.09. The highest BCUT2D eigenvalue weighted by Crippen LogP contribution is 2.40. The second kappa shape index (κ2) is 4.74. The summed E-state index contributed by atoms with van der Waals surface area (Å²) in [6, 6.07) is 0. The third-order valence-corrected chi connectivity index (χ3v) is 4.02. The summed E-state index contributed by atoms with van der Waals surface area (Å²) < 4.78 is 0. The van der Waals surface area contributed by atoms with E-state index in [1.165, 1.54) is 12.8 Å². The van der Waals surface area contributed by atoms with Crippen molar-refractivity contribution in [3.8, 4) is 0 Å². The molecular weight excluding hydrogens is 246 g/mol. The molecule has 0 spiro atoms. The van der Waals surface area contributed by atoms with Crippen molar-refractivity contribution in [3.63, 3.8) is 0 Å². The first-order valence-electron chi connectivity index (χ1n) is 6.13. The molecule has 3 rings (SSSR count). The van der Waals surface area contributed by atoms with E-state index in [2.05, 4.69) is 15.0 Å². The smallest absolute Gasteiger partial charge is 0.135 e. The van der Waals surface area contributed by atoms with Crippen LogP contribution in [0.1, 0.15) is 46.5 Å². The van der Waals surface area contributed by atoms with Crippen molar-refractivity contribution in [2.24, 2.45) is 0 Å². The first kappa shape index (κ1) is 11.7. The van der Waals surface area contributed by atoms with Crippen LogP contribution in [0.5, 0.6) is 0 Å². The van der Waals surface area contributed by atoms with Crippen LogP contribution in [0.3, 0.4) is 0 Å². The van der Waals surface area contributed by atoms with Crippen LogP contribution in [0, 0.1) is 6.92 Å². The summed E-state index contributed by atoms with van der Waals surface area (Å²) in [7, 11) is 0. The van der Waals surface area contributed by atoms with Gasteiger partial charge in [-0.25, -0.2) is 15.0 Å². The number of hydrogen-bond acceptors (Lipinski definition) is 5. The second-order valence-corrected chi connectivity index (χ2v) is 5.63. The van der Waals surface area contributed by atoms with Gasteiger partial charge in [0, 0.05) is 28.8 Å². The number of aryl methyl sites for hydroxylation is 1. The molecule has 0 atom stereocenters.